The molecule has 16 heavy (non-hydrogen) atoms. The van der Waals surface area contributed by atoms with Crippen LogP contribution in [0.15, 0.2) is 59.5 Å². The Hall–Kier alpha value is -1.25. The highest BCUT2D eigenvalue weighted by Crippen LogP contribution is 2.19. The Balaban J connectivity index is 2.15. The van der Waals surface area contributed by atoms with Gasteiger partial charge in [-0.05, 0) is 24.2 Å². The quantitative estimate of drug-likeness (QED) is 0.742. The molecule has 0 heterocycles. The minimum absolute atomic E-state index is 0.589. The van der Waals surface area contributed by atoms with E-state index in [0.29, 0.717) is 5.75 Å². The van der Waals surface area contributed by atoms with Gasteiger partial charge >= 0.3 is 0 Å². The number of hydrogen-bond donors (Lipinski definition) is 0. The van der Waals surface area contributed by atoms with Crippen molar-refractivity contribution in [2.24, 2.45) is 0 Å². The smallest absolute Gasteiger partial charge is 0.155 e. The van der Waals surface area contributed by atoms with Crippen molar-refractivity contribution in [2.45, 2.75) is 17.6 Å². The predicted octanol–water partition coefficient (Wildman–Crippen LogP) is 3.30. The van der Waals surface area contributed by atoms with Crippen LogP contribution < -0.4 is 0 Å². The van der Waals surface area contributed by atoms with Crippen LogP contribution in [0, 0.1) is 6.92 Å². The molecule has 0 saturated carbocycles. The van der Waals surface area contributed by atoms with Crippen LogP contribution in [0.4, 0.5) is 0 Å². The van der Waals surface area contributed by atoms with Gasteiger partial charge in [-0.25, -0.2) is 0 Å². The maximum atomic E-state index is 12.1. The highest BCUT2D eigenvalue weighted by atomic mass is 32.2. The molecular formula is C14H14OS. The highest BCUT2D eigenvalue weighted by molar-refractivity contribution is 7.90. The van der Waals surface area contributed by atoms with Gasteiger partial charge in [0, 0.05) is 11.1 Å². The normalized spacial score (nSPS) is 12.4. The summed E-state index contributed by atoms with van der Waals surface area (Å²) in [5.41, 5.74) is 2.21. The molecule has 0 aliphatic carbocycles. The van der Waals surface area contributed by atoms with E-state index in [1.54, 1.807) is 0 Å². The first-order valence-electron chi connectivity index (χ1n) is 5.25. The first kappa shape index (κ1) is 11.2. The second-order valence-corrected chi connectivity index (χ2v) is 5.16. The minimum Gasteiger partial charge on any atom is -0.611 e. The molecule has 0 fully saturated rings. The fourth-order valence-corrected chi connectivity index (χ4v) is 2.92. The van der Waals surface area contributed by atoms with Crippen molar-refractivity contribution in [3.05, 3.63) is 65.7 Å². The monoisotopic (exact) mass is 230 g/mol. The average molecular weight is 230 g/mol. The molecule has 0 amide bonds. The van der Waals surface area contributed by atoms with Gasteiger partial charge in [-0.2, -0.15) is 0 Å². The number of benzene rings is 2. The Morgan fingerprint density at radius 2 is 1.56 bits per heavy atom. The molecule has 0 aromatic heterocycles. The Kier molecular flexibility index (Phi) is 3.65. The SMILES string of the molecule is Cc1ccccc1[S+]([O-])Cc1ccccc1. The summed E-state index contributed by atoms with van der Waals surface area (Å²) in [5, 5.41) is 0. The molecule has 0 aliphatic heterocycles. The Labute approximate surface area is 99.3 Å². The Morgan fingerprint density at radius 3 is 2.25 bits per heavy atom. The predicted molar refractivity (Wildman–Crippen MR) is 67.7 cm³/mol. The lowest BCUT2D eigenvalue weighted by Gasteiger charge is -2.12. The maximum absolute atomic E-state index is 12.1. The summed E-state index contributed by atoms with van der Waals surface area (Å²) < 4.78 is 12.1. The molecule has 1 unspecified atom stereocenters. The third kappa shape index (κ3) is 2.65. The molecule has 0 saturated heterocycles. The molecule has 0 bridgehead atoms. The second-order valence-electron chi connectivity index (χ2n) is 3.74. The highest BCUT2D eigenvalue weighted by Gasteiger charge is 2.13. The third-order valence-electron chi connectivity index (χ3n) is 2.48. The van der Waals surface area contributed by atoms with Gasteiger partial charge in [-0.1, -0.05) is 48.5 Å². The first-order chi connectivity index (χ1) is 7.77. The fourth-order valence-electron chi connectivity index (χ4n) is 1.62. The molecule has 0 aliphatic rings. The van der Waals surface area contributed by atoms with Gasteiger partial charge in [0.1, 0.15) is 5.75 Å². The first-order valence-corrected chi connectivity index (χ1v) is 6.57. The topological polar surface area (TPSA) is 23.1 Å². The van der Waals surface area contributed by atoms with Crippen molar-refractivity contribution in [1.82, 2.24) is 0 Å². The lowest BCUT2D eigenvalue weighted by Crippen LogP contribution is -2.06. The average Bonchev–Trinajstić information content (AvgIpc) is 2.31. The van der Waals surface area contributed by atoms with Crippen LogP contribution in [0.5, 0.6) is 0 Å². The van der Waals surface area contributed by atoms with Crippen LogP contribution in [-0.2, 0) is 16.9 Å². The summed E-state index contributed by atoms with van der Waals surface area (Å²) >= 11 is -0.946. The van der Waals surface area contributed by atoms with Crippen molar-refractivity contribution < 1.29 is 4.55 Å². The minimum atomic E-state index is -0.946. The van der Waals surface area contributed by atoms with Crippen LogP contribution in [0.3, 0.4) is 0 Å². The van der Waals surface area contributed by atoms with Crippen LogP contribution >= 0.6 is 0 Å². The molecule has 2 aromatic carbocycles. The van der Waals surface area contributed by atoms with Crippen LogP contribution in [0.25, 0.3) is 0 Å². The summed E-state index contributed by atoms with van der Waals surface area (Å²) in [6, 6.07) is 17.8. The summed E-state index contributed by atoms with van der Waals surface area (Å²) in [6.07, 6.45) is 0. The molecule has 82 valence electrons. The Bertz CT molecular complexity index is 453. The fraction of sp³-hybridized carbons (Fsp3) is 0.143. The van der Waals surface area contributed by atoms with Gasteiger partial charge < -0.3 is 4.55 Å². The summed E-state index contributed by atoms with van der Waals surface area (Å²) in [4.78, 5) is 0.936. The summed E-state index contributed by atoms with van der Waals surface area (Å²) in [6.45, 7) is 2.00. The molecule has 2 aromatic rings. The van der Waals surface area contributed by atoms with Crippen molar-refractivity contribution in [2.75, 3.05) is 0 Å². The van der Waals surface area contributed by atoms with Gasteiger partial charge in [0.15, 0.2) is 4.90 Å². The van der Waals surface area contributed by atoms with E-state index >= 15 is 0 Å². The van der Waals surface area contributed by atoms with Gasteiger partial charge in [0.05, 0.1) is 0 Å². The largest absolute Gasteiger partial charge is 0.611 e. The molecule has 2 heteroatoms. The van der Waals surface area contributed by atoms with Crippen molar-refractivity contribution in [3.8, 4) is 0 Å². The van der Waals surface area contributed by atoms with Crippen LogP contribution in [0.1, 0.15) is 11.1 Å². The number of aryl methyl sites for hydroxylation is 1. The van der Waals surface area contributed by atoms with Gasteiger partial charge in [0.25, 0.3) is 0 Å². The molecule has 0 N–H and O–H groups in total. The van der Waals surface area contributed by atoms with E-state index in [0.717, 1.165) is 16.0 Å². The van der Waals surface area contributed by atoms with E-state index in [-0.39, 0.29) is 0 Å². The standard InChI is InChI=1S/C14H14OS/c1-12-7-5-6-10-14(12)16(15)11-13-8-3-2-4-9-13/h2-10H,11H2,1H3. The zero-order valence-electron chi connectivity index (χ0n) is 9.22. The van der Waals surface area contributed by atoms with Gasteiger partial charge in [0.2, 0.25) is 0 Å². The van der Waals surface area contributed by atoms with Crippen molar-refractivity contribution in [1.29, 1.82) is 0 Å². The van der Waals surface area contributed by atoms with E-state index in [2.05, 4.69) is 0 Å². The summed E-state index contributed by atoms with van der Waals surface area (Å²) in [5.74, 6) is 0.589. The van der Waals surface area contributed by atoms with Gasteiger partial charge in [-0.15, -0.1) is 0 Å². The molecule has 1 nitrogen and oxygen atoms in total. The van der Waals surface area contributed by atoms with E-state index < -0.39 is 11.2 Å². The number of rotatable bonds is 3. The van der Waals surface area contributed by atoms with E-state index in [1.165, 1.54) is 0 Å². The lowest BCUT2D eigenvalue weighted by molar-refractivity contribution is 0.593. The second kappa shape index (κ2) is 5.19. The summed E-state index contributed by atoms with van der Waals surface area (Å²) in [7, 11) is 0. The van der Waals surface area contributed by atoms with Crippen molar-refractivity contribution >= 4 is 11.2 Å². The molecule has 1 atom stereocenters. The third-order valence-corrected chi connectivity index (χ3v) is 4.02. The van der Waals surface area contributed by atoms with Crippen LogP contribution in [0.2, 0.25) is 0 Å². The molecular weight excluding hydrogens is 216 g/mol. The maximum Gasteiger partial charge on any atom is 0.155 e. The van der Waals surface area contributed by atoms with Crippen LogP contribution in [-0.4, -0.2) is 4.55 Å². The number of hydrogen-bond acceptors (Lipinski definition) is 1. The zero-order valence-corrected chi connectivity index (χ0v) is 10.0. The molecule has 2 rings (SSSR count). The van der Waals surface area contributed by atoms with E-state index in [9.17, 15) is 4.55 Å². The zero-order chi connectivity index (χ0) is 11.4. The van der Waals surface area contributed by atoms with Crippen molar-refractivity contribution in [3.63, 3.8) is 0 Å². The molecule has 0 radical (unpaired) electrons. The van der Waals surface area contributed by atoms with Gasteiger partial charge in [-0.3, -0.25) is 0 Å². The Morgan fingerprint density at radius 1 is 0.938 bits per heavy atom. The van der Waals surface area contributed by atoms with E-state index in [1.807, 2.05) is 61.5 Å². The molecule has 0 spiro atoms. The van der Waals surface area contributed by atoms with E-state index in [4.69, 9.17) is 0 Å². The lowest BCUT2D eigenvalue weighted by atomic mass is 10.2.